The smallest absolute Gasteiger partial charge is 0.354 e. The van der Waals surface area contributed by atoms with E-state index in [4.69, 9.17) is 4.74 Å². The quantitative estimate of drug-likeness (QED) is 0.394. The number of hydrogen-bond donors (Lipinski definition) is 2. The minimum atomic E-state index is -0.770. The van der Waals surface area contributed by atoms with Crippen LogP contribution in [0, 0.1) is 11.8 Å². The molecule has 2 aromatic rings. The molecule has 0 aromatic heterocycles. The van der Waals surface area contributed by atoms with Gasteiger partial charge >= 0.3 is 5.97 Å². The van der Waals surface area contributed by atoms with Crippen LogP contribution in [0.5, 0.6) is 0 Å². The molecule has 8 heteroatoms. The standard InChI is InChI=1S/C24H26N2O5S/c1-12-16(22(24(30)31-3)26-21(12)19(13(2)28)23(26)29)11-25-17-6-4-5-15-14(9-10-27)7-8-18(32-25)20(15)17/h4-8,12-13,19,21,27-28H,9-11H2,1-3H3/t12-,13+,19?,21?/m0/s1. The van der Waals surface area contributed by atoms with E-state index in [1.807, 2.05) is 13.0 Å². The Hall–Kier alpha value is -2.55. The Kier molecular flexibility index (Phi) is 5.19. The molecule has 1 saturated heterocycles. The maximum absolute atomic E-state index is 12.8. The molecule has 32 heavy (non-hydrogen) atoms. The summed E-state index contributed by atoms with van der Waals surface area (Å²) in [5.41, 5.74) is 3.33. The third-order valence-corrected chi connectivity index (χ3v) is 8.02. The number of carbonyl (C=O) groups is 2. The van der Waals surface area contributed by atoms with Crippen LogP contribution in [0.15, 0.2) is 46.5 Å². The highest BCUT2D eigenvalue weighted by Crippen LogP contribution is 2.51. The zero-order valence-corrected chi connectivity index (χ0v) is 19.1. The lowest BCUT2D eigenvalue weighted by molar-refractivity contribution is -0.163. The average molecular weight is 455 g/mol. The molecular weight excluding hydrogens is 428 g/mol. The average Bonchev–Trinajstić information content (AvgIpc) is 3.24. The zero-order valence-electron chi connectivity index (χ0n) is 18.2. The first-order valence-electron chi connectivity index (χ1n) is 10.8. The number of rotatable bonds is 6. The monoisotopic (exact) mass is 454 g/mol. The number of carbonyl (C=O) groups excluding carboxylic acids is 2. The molecule has 1 fully saturated rings. The first kappa shape index (κ1) is 21.3. The first-order chi connectivity index (χ1) is 15.4. The number of nitrogens with zero attached hydrogens (tertiary/aromatic N) is 2. The van der Waals surface area contributed by atoms with Crippen molar-refractivity contribution in [3.8, 4) is 0 Å². The molecule has 3 heterocycles. The van der Waals surface area contributed by atoms with Crippen LogP contribution in [0.1, 0.15) is 19.4 Å². The van der Waals surface area contributed by atoms with Crippen molar-refractivity contribution in [2.45, 2.75) is 37.3 Å². The molecule has 5 rings (SSSR count). The third-order valence-electron chi connectivity index (χ3n) is 6.94. The number of aliphatic hydroxyl groups excluding tert-OH is 2. The molecule has 0 saturated carbocycles. The van der Waals surface area contributed by atoms with E-state index in [1.54, 1.807) is 18.9 Å². The van der Waals surface area contributed by atoms with Crippen LogP contribution in [0.3, 0.4) is 0 Å². The van der Waals surface area contributed by atoms with Crippen molar-refractivity contribution in [3.63, 3.8) is 0 Å². The topological polar surface area (TPSA) is 90.3 Å². The molecule has 4 atom stereocenters. The van der Waals surface area contributed by atoms with E-state index in [1.165, 1.54) is 12.0 Å². The second kappa shape index (κ2) is 7.79. The molecule has 7 nitrogen and oxygen atoms in total. The number of methoxy groups -OCH3 is 1. The van der Waals surface area contributed by atoms with Gasteiger partial charge in [0.25, 0.3) is 0 Å². The van der Waals surface area contributed by atoms with E-state index in [-0.39, 0.29) is 24.5 Å². The van der Waals surface area contributed by atoms with E-state index in [9.17, 15) is 19.8 Å². The summed E-state index contributed by atoms with van der Waals surface area (Å²) in [6.07, 6.45) is -0.174. The van der Waals surface area contributed by atoms with Crippen molar-refractivity contribution < 1.29 is 24.5 Å². The van der Waals surface area contributed by atoms with Crippen molar-refractivity contribution in [3.05, 3.63) is 47.2 Å². The van der Waals surface area contributed by atoms with Gasteiger partial charge in [-0.2, -0.15) is 0 Å². The Balaban J connectivity index is 1.54. The van der Waals surface area contributed by atoms with Gasteiger partial charge in [0, 0.05) is 22.8 Å². The van der Waals surface area contributed by atoms with Gasteiger partial charge in [-0.3, -0.25) is 4.79 Å². The number of β-lactam (4-membered cyclic amide) rings is 1. The van der Waals surface area contributed by atoms with E-state index in [2.05, 4.69) is 28.6 Å². The number of ether oxygens (including phenoxy) is 1. The Morgan fingerprint density at radius 2 is 2.06 bits per heavy atom. The fourth-order valence-electron chi connectivity index (χ4n) is 5.42. The van der Waals surface area contributed by atoms with Crippen molar-refractivity contribution >= 4 is 40.3 Å². The fourth-order valence-corrected chi connectivity index (χ4v) is 6.54. The zero-order chi connectivity index (χ0) is 22.7. The van der Waals surface area contributed by atoms with E-state index < -0.39 is 18.0 Å². The van der Waals surface area contributed by atoms with Gasteiger partial charge in [0.05, 0.1) is 37.4 Å². The van der Waals surface area contributed by atoms with Crippen molar-refractivity contribution in [1.29, 1.82) is 0 Å². The van der Waals surface area contributed by atoms with Crippen LogP contribution in [0.25, 0.3) is 10.8 Å². The summed E-state index contributed by atoms with van der Waals surface area (Å²) in [6, 6.07) is 10.1. The summed E-state index contributed by atoms with van der Waals surface area (Å²) < 4.78 is 7.19. The summed E-state index contributed by atoms with van der Waals surface area (Å²) >= 11 is 1.61. The highest BCUT2D eigenvalue weighted by Gasteiger charge is 2.60. The summed E-state index contributed by atoms with van der Waals surface area (Å²) in [5, 5.41) is 21.8. The molecule has 0 bridgehead atoms. The second-order valence-electron chi connectivity index (χ2n) is 8.64. The lowest BCUT2D eigenvalue weighted by Crippen LogP contribution is -2.63. The van der Waals surface area contributed by atoms with Crippen LogP contribution in [0.4, 0.5) is 5.69 Å². The SMILES string of the molecule is COC(=O)C1=C(CN2Sc3ccc(CCO)c4cccc2c34)[C@H](C)C2C([C@@H](C)O)C(=O)N12. The lowest BCUT2D eigenvalue weighted by Gasteiger charge is -2.46. The Morgan fingerprint density at radius 3 is 2.75 bits per heavy atom. The Morgan fingerprint density at radius 1 is 1.28 bits per heavy atom. The number of amides is 1. The minimum absolute atomic E-state index is 0.0742. The highest BCUT2D eigenvalue weighted by molar-refractivity contribution is 8.01. The number of benzene rings is 2. The van der Waals surface area contributed by atoms with Crippen LogP contribution in [-0.4, -0.2) is 59.4 Å². The largest absolute Gasteiger partial charge is 0.464 e. The lowest BCUT2D eigenvalue weighted by atomic mass is 9.78. The van der Waals surface area contributed by atoms with Gasteiger partial charge in [-0.05, 0) is 53.9 Å². The van der Waals surface area contributed by atoms with Gasteiger partial charge in [-0.1, -0.05) is 25.1 Å². The van der Waals surface area contributed by atoms with E-state index >= 15 is 0 Å². The third kappa shape index (κ3) is 2.89. The number of esters is 1. The molecule has 0 aliphatic carbocycles. The van der Waals surface area contributed by atoms with Crippen molar-refractivity contribution in [1.82, 2.24) is 4.90 Å². The van der Waals surface area contributed by atoms with Gasteiger partial charge in [0.15, 0.2) is 0 Å². The summed E-state index contributed by atoms with van der Waals surface area (Å²) in [6.45, 7) is 4.20. The van der Waals surface area contributed by atoms with Crippen molar-refractivity contribution in [2.75, 3.05) is 24.6 Å². The molecule has 3 aliphatic heterocycles. The number of aliphatic hydroxyl groups is 2. The number of fused-ring (bicyclic) bond motifs is 1. The first-order valence-corrected chi connectivity index (χ1v) is 11.6. The molecule has 2 unspecified atom stereocenters. The summed E-state index contributed by atoms with van der Waals surface area (Å²) in [5.74, 6) is -1.32. The predicted octanol–water partition coefficient (Wildman–Crippen LogP) is 2.49. The van der Waals surface area contributed by atoms with E-state index in [0.717, 1.165) is 32.5 Å². The van der Waals surface area contributed by atoms with Gasteiger partial charge in [-0.15, -0.1) is 0 Å². The van der Waals surface area contributed by atoms with Gasteiger partial charge < -0.3 is 24.2 Å². The Labute approximate surface area is 190 Å². The molecule has 3 aliphatic rings. The van der Waals surface area contributed by atoms with E-state index in [0.29, 0.717) is 18.7 Å². The van der Waals surface area contributed by atoms with Crippen LogP contribution >= 0.6 is 11.9 Å². The summed E-state index contributed by atoms with van der Waals surface area (Å²) in [7, 11) is 1.32. The normalized spacial score (nSPS) is 24.8. The Bertz CT molecular complexity index is 1160. The van der Waals surface area contributed by atoms with Crippen LogP contribution in [-0.2, 0) is 20.7 Å². The molecule has 2 N–H and O–H groups in total. The predicted molar refractivity (Wildman–Crippen MR) is 122 cm³/mol. The second-order valence-corrected chi connectivity index (χ2v) is 9.71. The minimum Gasteiger partial charge on any atom is -0.464 e. The maximum atomic E-state index is 12.8. The van der Waals surface area contributed by atoms with Gasteiger partial charge in [0.1, 0.15) is 5.70 Å². The molecule has 0 radical (unpaired) electrons. The molecule has 0 spiro atoms. The maximum Gasteiger partial charge on any atom is 0.354 e. The van der Waals surface area contributed by atoms with Crippen LogP contribution < -0.4 is 4.31 Å². The van der Waals surface area contributed by atoms with Crippen molar-refractivity contribution in [2.24, 2.45) is 11.8 Å². The van der Waals surface area contributed by atoms with Gasteiger partial charge in [0.2, 0.25) is 5.91 Å². The fraction of sp³-hybridized carbons (Fsp3) is 0.417. The molecule has 2 aromatic carbocycles. The molecule has 1 amide bonds. The molecular formula is C24H26N2O5S. The number of hydrogen-bond acceptors (Lipinski definition) is 7. The highest BCUT2D eigenvalue weighted by atomic mass is 32.2. The number of anilines is 1. The van der Waals surface area contributed by atoms with Crippen LogP contribution in [0.2, 0.25) is 0 Å². The van der Waals surface area contributed by atoms with Gasteiger partial charge in [-0.25, -0.2) is 4.79 Å². The molecule has 168 valence electrons. The summed E-state index contributed by atoms with van der Waals surface area (Å²) in [4.78, 5) is 28.1.